The lowest BCUT2D eigenvalue weighted by Crippen LogP contribution is -2.50. The summed E-state index contributed by atoms with van der Waals surface area (Å²) in [6, 6.07) is 10.1. The van der Waals surface area contributed by atoms with Crippen LogP contribution < -0.4 is 4.74 Å². The highest BCUT2D eigenvalue weighted by Crippen LogP contribution is 2.27. The van der Waals surface area contributed by atoms with Crippen LogP contribution >= 0.6 is 23.2 Å². The Labute approximate surface area is 178 Å². The normalized spacial score (nSPS) is 15.3. The minimum absolute atomic E-state index is 0.0432. The molecule has 29 heavy (non-hydrogen) atoms. The summed E-state index contributed by atoms with van der Waals surface area (Å²) in [5, 5.41) is 0.440. The summed E-state index contributed by atoms with van der Waals surface area (Å²) in [5.74, 6) is -0.563. The molecule has 6 nitrogen and oxygen atoms in total. The van der Waals surface area contributed by atoms with Crippen molar-refractivity contribution in [1.29, 1.82) is 0 Å². The zero-order valence-electron chi connectivity index (χ0n) is 15.4. The second kappa shape index (κ2) is 9.30. The smallest absolute Gasteiger partial charge is 0.243 e. The third-order valence-electron chi connectivity index (χ3n) is 4.53. The SMILES string of the molecule is O=C(CCOc1ccccc1F)N1CCN(S(=O)(=O)c2ccc(Cl)c(Cl)c2)CC1. The van der Waals surface area contributed by atoms with Crippen molar-refractivity contribution in [3.8, 4) is 5.75 Å². The van der Waals surface area contributed by atoms with E-state index in [1.165, 1.54) is 34.6 Å². The van der Waals surface area contributed by atoms with E-state index in [2.05, 4.69) is 0 Å². The predicted octanol–water partition coefficient (Wildman–Crippen LogP) is 3.43. The van der Waals surface area contributed by atoms with Gasteiger partial charge in [0.25, 0.3) is 0 Å². The number of nitrogens with zero attached hydrogens (tertiary/aromatic N) is 2. The quantitative estimate of drug-likeness (QED) is 0.661. The Morgan fingerprint density at radius 1 is 1.03 bits per heavy atom. The molecule has 1 aliphatic heterocycles. The third-order valence-corrected chi connectivity index (χ3v) is 7.16. The van der Waals surface area contributed by atoms with Gasteiger partial charge in [-0.2, -0.15) is 4.31 Å². The minimum atomic E-state index is -3.72. The molecule has 3 rings (SSSR count). The lowest BCUT2D eigenvalue weighted by Gasteiger charge is -2.34. The number of ether oxygens (including phenoxy) is 1. The van der Waals surface area contributed by atoms with E-state index in [1.54, 1.807) is 17.0 Å². The molecule has 1 fully saturated rings. The molecule has 10 heteroatoms. The van der Waals surface area contributed by atoms with Crippen LogP contribution in [0.5, 0.6) is 5.75 Å². The van der Waals surface area contributed by atoms with E-state index in [4.69, 9.17) is 27.9 Å². The average Bonchev–Trinajstić information content (AvgIpc) is 2.71. The molecule has 0 unspecified atom stereocenters. The molecule has 1 amide bonds. The van der Waals surface area contributed by atoms with Crippen LogP contribution in [0.3, 0.4) is 0 Å². The Balaban J connectivity index is 1.52. The predicted molar refractivity (Wildman–Crippen MR) is 108 cm³/mol. The van der Waals surface area contributed by atoms with Crippen molar-refractivity contribution in [2.24, 2.45) is 0 Å². The molecule has 0 aromatic heterocycles. The van der Waals surface area contributed by atoms with E-state index in [-0.39, 0.29) is 65.8 Å². The molecule has 0 bridgehead atoms. The number of hydrogen-bond donors (Lipinski definition) is 0. The van der Waals surface area contributed by atoms with E-state index >= 15 is 0 Å². The Kier molecular flexibility index (Phi) is 7.00. The first-order valence-electron chi connectivity index (χ1n) is 8.89. The monoisotopic (exact) mass is 460 g/mol. The standard InChI is InChI=1S/C19H19Cl2FN2O4S/c20-15-6-5-14(13-16(15)21)29(26,27)24-10-8-23(9-11-24)19(25)7-12-28-18-4-2-1-3-17(18)22/h1-6,13H,7-12H2. The van der Waals surface area contributed by atoms with Gasteiger partial charge in [-0.1, -0.05) is 35.3 Å². The molecule has 2 aromatic carbocycles. The number of carbonyl (C=O) groups is 1. The van der Waals surface area contributed by atoms with Crippen molar-refractivity contribution < 1.29 is 22.3 Å². The maximum atomic E-state index is 13.5. The molecule has 0 aliphatic carbocycles. The van der Waals surface area contributed by atoms with Crippen molar-refractivity contribution in [3.05, 3.63) is 58.3 Å². The molecule has 0 radical (unpaired) electrons. The first-order chi connectivity index (χ1) is 13.8. The number of para-hydroxylation sites is 1. The molecule has 1 aliphatic rings. The summed E-state index contributed by atoms with van der Waals surface area (Å²) >= 11 is 11.8. The van der Waals surface area contributed by atoms with Crippen LogP contribution in [0.4, 0.5) is 4.39 Å². The van der Waals surface area contributed by atoms with Gasteiger partial charge in [0.2, 0.25) is 15.9 Å². The van der Waals surface area contributed by atoms with Crippen LogP contribution in [0.15, 0.2) is 47.4 Å². The number of amides is 1. The van der Waals surface area contributed by atoms with Crippen molar-refractivity contribution in [3.63, 3.8) is 0 Å². The number of benzene rings is 2. The topological polar surface area (TPSA) is 66.9 Å². The largest absolute Gasteiger partial charge is 0.490 e. The van der Waals surface area contributed by atoms with Gasteiger partial charge >= 0.3 is 0 Å². The van der Waals surface area contributed by atoms with E-state index in [9.17, 15) is 17.6 Å². The fourth-order valence-electron chi connectivity index (χ4n) is 2.93. The highest BCUT2D eigenvalue weighted by Gasteiger charge is 2.30. The summed E-state index contributed by atoms with van der Waals surface area (Å²) in [6.45, 7) is 0.907. The molecule has 1 heterocycles. The molecule has 2 aromatic rings. The summed E-state index contributed by atoms with van der Waals surface area (Å²) in [5.41, 5.74) is 0. The lowest BCUT2D eigenvalue weighted by molar-refractivity contribution is -0.132. The first kappa shape index (κ1) is 21.8. The molecule has 0 saturated carbocycles. The number of piperazine rings is 1. The number of rotatable bonds is 6. The molecule has 1 saturated heterocycles. The molecule has 156 valence electrons. The van der Waals surface area contributed by atoms with Crippen LogP contribution in [-0.2, 0) is 14.8 Å². The fraction of sp³-hybridized carbons (Fsp3) is 0.316. The van der Waals surface area contributed by atoms with Gasteiger partial charge in [0.15, 0.2) is 11.6 Å². The maximum Gasteiger partial charge on any atom is 0.243 e. The number of halogens is 3. The van der Waals surface area contributed by atoms with E-state index < -0.39 is 15.8 Å². The average molecular weight is 461 g/mol. The molecule has 0 atom stereocenters. The maximum absolute atomic E-state index is 13.5. The Morgan fingerprint density at radius 2 is 1.72 bits per heavy atom. The summed E-state index contributed by atoms with van der Waals surface area (Å²) in [7, 11) is -3.72. The number of carbonyl (C=O) groups excluding carboxylic acids is 1. The van der Waals surface area contributed by atoms with E-state index in [0.29, 0.717) is 0 Å². The molecular weight excluding hydrogens is 442 g/mol. The number of hydrogen-bond acceptors (Lipinski definition) is 4. The van der Waals surface area contributed by atoms with Gasteiger partial charge in [-0.15, -0.1) is 0 Å². The summed E-state index contributed by atoms with van der Waals surface area (Å²) < 4.78 is 45.6. The van der Waals surface area contributed by atoms with Crippen molar-refractivity contribution in [2.45, 2.75) is 11.3 Å². The Bertz CT molecular complexity index is 995. The number of sulfonamides is 1. The van der Waals surface area contributed by atoms with Gasteiger partial charge in [-0.05, 0) is 30.3 Å². The lowest BCUT2D eigenvalue weighted by atomic mass is 10.3. The van der Waals surface area contributed by atoms with Gasteiger partial charge in [0, 0.05) is 26.2 Å². The van der Waals surface area contributed by atoms with Gasteiger partial charge in [-0.3, -0.25) is 4.79 Å². The van der Waals surface area contributed by atoms with Crippen LogP contribution in [0.1, 0.15) is 6.42 Å². The third kappa shape index (κ3) is 5.19. The van der Waals surface area contributed by atoms with Crippen molar-refractivity contribution in [2.75, 3.05) is 32.8 Å². The van der Waals surface area contributed by atoms with Gasteiger partial charge in [-0.25, -0.2) is 12.8 Å². The van der Waals surface area contributed by atoms with E-state index in [1.807, 2.05) is 0 Å². The van der Waals surface area contributed by atoms with Crippen LogP contribution in [-0.4, -0.2) is 56.3 Å². The second-order valence-electron chi connectivity index (χ2n) is 6.39. The molecular formula is C19H19Cl2FN2O4S. The van der Waals surface area contributed by atoms with Crippen LogP contribution in [0.2, 0.25) is 10.0 Å². The van der Waals surface area contributed by atoms with E-state index in [0.717, 1.165) is 0 Å². The highest BCUT2D eigenvalue weighted by molar-refractivity contribution is 7.89. The Hall–Kier alpha value is -1.87. The minimum Gasteiger partial charge on any atom is -0.490 e. The molecule has 0 N–H and O–H groups in total. The van der Waals surface area contributed by atoms with Gasteiger partial charge in [0.05, 0.1) is 28.0 Å². The second-order valence-corrected chi connectivity index (χ2v) is 9.14. The zero-order chi connectivity index (χ0) is 21.0. The summed E-state index contributed by atoms with van der Waals surface area (Å²) in [4.78, 5) is 14.0. The highest BCUT2D eigenvalue weighted by atomic mass is 35.5. The fourth-order valence-corrected chi connectivity index (χ4v) is 4.74. The first-order valence-corrected chi connectivity index (χ1v) is 11.1. The van der Waals surface area contributed by atoms with Gasteiger partial charge < -0.3 is 9.64 Å². The molecule has 0 spiro atoms. The van der Waals surface area contributed by atoms with Crippen LogP contribution in [0.25, 0.3) is 0 Å². The van der Waals surface area contributed by atoms with Crippen molar-refractivity contribution >= 4 is 39.1 Å². The van der Waals surface area contributed by atoms with Crippen molar-refractivity contribution in [1.82, 2.24) is 9.21 Å². The van der Waals surface area contributed by atoms with Crippen LogP contribution in [0, 0.1) is 5.82 Å². The Morgan fingerprint density at radius 3 is 2.38 bits per heavy atom. The van der Waals surface area contributed by atoms with Gasteiger partial charge in [0.1, 0.15) is 0 Å². The zero-order valence-corrected chi connectivity index (χ0v) is 17.7. The summed E-state index contributed by atoms with van der Waals surface area (Å²) in [6.07, 6.45) is 0.0773.